The van der Waals surface area contributed by atoms with Crippen molar-refractivity contribution in [3.63, 3.8) is 0 Å². The number of hydrogen-bond acceptors (Lipinski definition) is 3. The third kappa shape index (κ3) is 5.49. The molecule has 0 amide bonds. The maximum atomic E-state index is 2.39. The Hall–Kier alpha value is -1.52. The normalized spacial score (nSPS) is 11.1. The predicted molar refractivity (Wildman–Crippen MR) is 109 cm³/mol. The summed E-state index contributed by atoms with van der Waals surface area (Å²) in [6.07, 6.45) is 0. The number of nitrogens with zero attached hydrogens (tertiary/aromatic N) is 2. The molecule has 0 aliphatic rings. The van der Waals surface area contributed by atoms with Gasteiger partial charge in [-0.25, -0.2) is 0 Å². The molecule has 138 valence electrons. The molecule has 0 radical (unpaired) electrons. The van der Waals surface area contributed by atoms with E-state index >= 15 is 0 Å². The average molecular weight is 386 g/mol. The SMILES string of the molecule is CN(C)CCN(C)Cc1ccccc1Sc1cccc2ccccc12.[Cl-]. The van der Waals surface area contributed by atoms with Crippen LogP contribution in [-0.2, 0) is 6.54 Å². The molecule has 0 saturated carbocycles. The van der Waals surface area contributed by atoms with Gasteiger partial charge in [0.25, 0.3) is 0 Å². The summed E-state index contributed by atoms with van der Waals surface area (Å²) < 4.78 is 0. The van der Waals surface area contributed by atoms with E-state index in [-0.39, 0.29) is 12.4 Å². The molecule has 0 atom stereocenters. The summed E-state index contributed by atoms with van der Waals surface area (Å²) in [4.78, 5) is 7.28. The summed E-state index contributed by atoms with van der Waals surface area (Å²) >= 11 is 1.87. The smallest absolute Gasteiger partial charge is 0.0242 e. The summed E-state index contributed by atoms with van der Waals surface area (Å²) in [5.41, 5.74) is 1.39. The fourth-order valence-corrected chi connectivity index (χ4v) is 3.97. The molecule has 0 unspecified atom stereocenters. The molecule has 4 heteroatoms. The van der Waals surface area contributed by atoms with E-state index in [0.29, 0.717) is 0 Å². The standard InChI is InChI=1S/C22H26N2S.ClH/c1-23(2)15-16-24(3)17-19-10-5-7-13-21(19)25-22-14-8-11-18-9-4-6-12-20(18)22;/h4-14H,15-17H2,1-3H3;1H/p-1. The Morgan fingerprint density at radius 1 is 0.731 bits per heavy atom. The zero-order chi connectivity index (χ0) is 17.6. The Kier molecular flexibility index (Phi) is 7.98. The van der Waals surface area contributed by atoms with Crippen LogP contribution in [0.4, 0.5) is 0 Å². The molecule has 0 saturated heterocycles. The summed E-state index contributed by atoms with van der Waals surface area (Å²) in [6.45, 7) is 3.12. The van der Waals surface area contributed by atoms with Crippen LogP contribution < -0.4 is 12.4 Å². The van der Waals surface area contributed by atoms with Crippen molar-refractivity contribution < 1.29 is 12.4 Å². The van der Waals surface area contributed by atoms with Crippen LogP contribution in [0, 0.1) is 0 Å². The molecular weight excluding hydrogens is 360 g/mol. The predicted octanol–water partition coefficient (Wildman–Crippen LogP) is 1.99. The zero-order valence-corrected chi connectivity index (χ0v) is 17.2. The average Bonchev–Trinajstić information content (AvgIpc) is 2.62. The molecule has 26 heavy (non-hydrogen) atoms. The topological polar surface area (TPSA) is 6.48 Å². The highest BCUT2D eigenvalue weighted by Gasteiger charge is 2.09. The lowest BCUT2D eigenvalue weighted by atomic mass is 10.1. The first-order valence-electron chi connectivity index (χ1n) is 8.70. The van der Waals surface area contributed by atoms with Gasteiger partial charge in [-0.05, 0) is 49.6 Å². The Labute approximate surface area is 167 Å². The van der Waals surface area contributed by atoms with Crippen LogP contribution in [0.5, 0.6) is 0 Å². The van der Waals surface area contributed by atoms with E-state index in [1.807, 2.05) is 11.8 Å². The second-order valence-corrected chi connectivity index (χ2v) is 7.81. The van der Waals surface area contributed by atoms with Gasteiger partial charge < -0.3 is 22.2 Å². The van der Waals surface area contributed by atoms with Gasteiger partial charge in [-0.2, -0.15) is 0 Å². The van der Waals surface area contributed by atoms with Gasteiger partial charge in [0.05, 0.1) is 0 Å². The lowest BCUT2D eigenvalue weighted by Crippen LogP contribution is -3.00. The number of likely N-dealkylation sites (N-methyl/N-ethyl adjacent to an activating group) is 2. The molecule has 0 bridgehead atoms. The van der Waals surface area contributed by atoms with Gasteiger partial charge in [-0.15, -0.1) is 0 Å². The first-order valence-corrected chi connectivity index (χ1v) is 9.52. The summed E-state index contributed by atoms with van der Waals surface area (Å²) in [7, 11) is 6.44. The van der Waals surface area contributed by atoms with Crippen molar-refractivity contribution in [3.8, 4) is 0 Å². The quantitative estimate of drug-likeness (QED) is 0.614. The molecule has 0 aromatic heterocycles. The third-order valence-electron chi connectivity index (χ3n) is 4.31. The van der Waals surface area contributed by atoms with Crippen LogP contribution in [0.15, 0.2) is 76.5 Å². The number of rotatable bonds is 7. The number of halogens is 1. The van der Waals surface area contributed by atoms with Crippen LogP contribution in [0.3, 0.4) is 0 Å². The lowest BCUT2D eigenvalue weighted by Gasteiger charge is -2.21. The Balaban J connectivity index is 0.00000243. The van der Waals surface area contributed by atoms with Crippen LogP contribution in [0.25, 0.3) is 10.8 Å². The largest absolute Gasteiger partial charge is 1.00 e. The highest BCUT2D eigenvalue weighted by atomic mass is 35.5. The number of benzene rings is 3. The molecule has 3 aromatic rings. The highest BCUT2D eigenvalue weighted by molar-refractivity contribution is 7.99. The van der Waals surface area contributed by atoms with Crippen LogP contribution >= 0.6 is 11.8 Å². The molecule has 0 N–H and O–H groups in total. The second-order valence-electron chi connectivity index (χ2n) is 6.73. The van der Waals surface area contributed by atoms with Gasteiger partial charge in [0.15, 0.2) is 0 Å². The minimum Gasteiger partial charge on any atom is -1.00 e. The molecule has 3 aromatic carbocycles. The van der Waals surface area contributed by atoms with Crippen molar-refractivity contribution >= 4 is 22.5 Å². The van der Waals surface area contributed by atoms with Gasteiger partial charge in [0.2, 0.25) is 0 Å². The fraction of sp³-hybridized carbons (Fsp3) is 0.273. The molecule has 0 fully saturated rings. The van der Waals surface area contributed by atoms with E-state index in [4.69, 9.17) is 0 Å². The Bertz CT molecular complexity index is 830. The van der Waals surface area contributed by atoms with Crippen molar-refractivity contribution in [2.75, 3.05) is 34.2 Å². The summed E-state index contributed by atoms with van der Waals surface area (Å²) in [5, 5.41) is 2.62. The van der Waals surface area contributed by atoms with E-state index in [1.165, 1.54) is 26.1 Å². The fourth-order valence-electron chi connectivity index (χ4n) is 2.88. The minimum absolute atomic E-state index is 0. The summed E-state index contributed by atoms with van der Waals surface area (Å²) in [5.74, 6) is 0. The lowest BCUT2D eigenvalue weighted by molar-refractivity contribution is -0.00000513. The van der Waals surface area contributed by atoms with Crippen molar-refractivity contribution in [1.29, 1.82) is 0 Å². The third-order valence-corrected chi connectivity index (χ3v) is 5.51. The second kappa shape index (κ2) is 9.98. The minimum atomic E-state index is 0. The first kappa shape index (κ1) is 20.8. The van der Waals surface area contributed by atoms with Gasteiger partial charge in [0.1, 0.15) is 0 Å². The van der Waals surface area contributed by atoms with Crippen molar-refractivity contribution in [1.82, 2.24) is 9.80 Å². The Morgan fingerprint density at radius 3 is 2.19 bits per heavy atom. The molecule has 0 spiro atoms. The van der Waals surface area contributed by atoms with Gasteiger partial charge >= 0.3 is 0 Å². The molecule has 3 rings (SSSR count). The highest BCUT2D eigenvalue weighted by Crippen LogP contribution is 2.35. The van der Waals surface area contributed by atoms with Crippen molar-refractivity contribution in [2.45, 2.75) is 16.3 Å². The van der Waals surface area contributed by atoms with E-state index in [1.54, 1.807) is 0 Å². The van der Waals surface area contributed by atoms with E-state index in [0.717, 1.165) is 19.6 Å². The van der Waals surface area contributed by atoms with Crippen molar-refractivity contribution in [2.24, 2.45) is 0 Å². The van der Waals surface area contributed by atoms with Crippen LogP contribution in [0.1, 0.15) is 5.56 Å². The van der Waals surface area contributed by atoms with Gasteiger partial charge in [-0.1, -0.05) is 66.4 Å². The summed E-state index contributed by atoms with van der Waals surface area (Å²) in [6, 6.07) is 23.9. The van der Waals surface area contributed by atoms with Crippen LogP contribution in [-0.4, -0.2) is 44.0 Å². The maximum absolute atomic E-state index is 2.39. The molecular formula is C22H26ClN2S-. The zero-order valence-electron chi connectivity index (χ0n) is 15.7. The number of fused-ring (bicyclic) bond motifs is 1. The number of hydrogen-bond donors (Lipinski definition) is 0. The van der Waals surface area contributed by atoms with E-state index < -0.39 is 0 Å². The first-order chi connectivity index (χ1) is 12.1. The van der Waals surface area contributed by atoms with Gasteiger partial charge in [-0.3, -0.25) is 0 Å². The maximum Gasteiger partial charge on any atom is 0.0242 e. The van der Waals surface area contributed by atoms with E-state index in [2.05, 4.69) is 97.7 Å². The van der Waals surface area contributed by atoms with Crippen LogP contribution in [0.2, 0.25) is 0 Å². The van der Waals surface area contributed by atoms with Crippen molar-refractivity contribution in [3.05, 3.63) is 72.3 Å². The monoisotopic (exact) mass is 385 g/mol. The molecule has 0 heterocycles. The van der Waals surface area contributed by atoms with Gasteiger partial charge in [0, 0.05) is 29.4 Å². The van der Waals surface area contributed by atoms with E-state index in [9.17, 15) is 0 Å². The molecule has 2 nitrogen and oxygen atoms in total. The molecule has 0 aliphatic heterocycles. The molecule has 0 aliphatic carbocycles. The Morgan fingerprint density at radius 2 is 1.38 bits per heavy atom.